The molecule has 1 N–H and O–H groups in total. The highest BCUT2D eigenvalue weighted by Crippen LogP contribution is 2.31. The normalized spacial score (nSPS) is 11.4. The molecule has 0 spiro atoms. The lowest BCUT2D eigenvalue weighted by molar-refractivity contribution is 0.628. The van der Waals surface area contributed by atoms with Crippen LogP contribution < -0.4 is 5.56 Å². The highest BCUT2D eigenvalue weighted by atomic mass is 35.5. The van der Waals surface area contributed by atoms with E-state index in [1.54, 1.807) is 6.20 Å². The van der Waals surface area contributed by atoms with Crippen molar-refractivity contribution in [3.05, 3.63) is 52.2 Å². The van der Waals surface area contributed by atoms with Crippen molar-refractivity contribution in [3.63, 3.8) is 0 Å². The monoisotopic (exact) mass is 287 g/mol. The van der Waals surface area contributed by atoms with Gasteiger partial charge < -0.3 is 9.55 Å². The lowest BCUT2D eigenvalue weighted by atomic mass is 10.2. The zero-order chi connectivity index (χ0) is 14.3. The van der Waals surface area contributed by atoms with Gasteiger partial charge in [0.05, 0.1) is 17.6 Å². The zero-order valence-corrected chi connectivity index (χ0v) is 12.0. The topological polar surface area (TPSA) is 50.7 Å². The van der Waals surface area contributed by atoms with Crippen LogP contribution >= 0.6 is 11.6 Å². The van der Waals surface area contributed by atoms with E-state index < -0.39 is 0 Å². The number of nitrogens with zero attached hydrogens (tertiary/aromatic N) is 2. The number of fused-ring (bicyclic) bond motifs is 1. The van der Waals surface area contributed by atoms with E-state index in [0.29, 0.717) is 10.6 Å². The molecule has 5 heteroatoms. The first kappa shape index (κ1) is 12.9. The smallest absolute Gasteiger partial charge is 0.260 e. The standard InChI is InChI=1S/C15H14ClN3O/c1-9(2)19-13-4-3-11(16)5-10(13)6-14(19)12-7-17-8-18-15(12)20/h3-9H,1-2H3,(H,17,18,20). The SMILES string of the molecule is CC(C)n1c(-c2cnc[nH]c2=O)cc2cc(Cl)ccc21. The van der Waals surface area contributed by atoms with E-state index in [1.165, 1.54) is 6.33 Å². The summed E-state index contributed by atoms with van der Waals surface area (Å²) in [6.07, 6.45) is 2.98. The molecule has 0 aliphatic rings. The van der Waals surface area contributed by atoms with E-state index in [4.69, 9.17) is 11.6 Å². The molecule has 102 valence electrons. The van der Waals surface area contributed by atoms with Crippen LogP contribution in [0.25, 0.3) is 22.2 Å². The largest absolute Gasteiger partial charge is 0.338 e. The van der Waals surface area contributed by atoms with Gasteiger partial charge in [-0.25, -0.2) is 4.98 Å². The Balaban J connectivity index is 2.38. The molecule has 0 aliphatic heterocycles. The van der Waals surface area contributed by atoms with Crippen LogP contribution in [0, 0.1) is 0 Å². The summed E-state index contributed by atoms with van der Waals surface area (Å²) in [6, 6.07) is 7.95. The van der Waals surface area contributed by atoms with Gasteiger partial charge in [0.15, 0.2) is 0 Å². The van der Waals surface area contributed by atoms with E-state index in [-0.39, 0.29) is 11.6 Å². The summed E-state index contributed by atoms with van der Waals surface area (Å²) >= 11 is 6.05. The van der Waals surface area contributed by atoms with E-state index >= 15 is 0 Å². The number of rotatable bonds is 2. The Morgan fingerprint density at radius 1 is 1.30 bits per heavy atom. The molecule has 0 saturated carbocycles. The van der Waals surface area contributed by atoms with Gasteiger partial charge in [-0.15, -0.1) is 0 Å². The summed E-state index contributed by atoms with van der Waals surface area (Å²) in [5.74, 6) is 0. The molecule has 0 aliphatic carbocycles. The molecule has 0 atom stereocenters. The van der Waals surface area contributed by atoms with Crippen LogP contribution in [0.1, 0.15) is 19.9 Å². The van der Waals surface area contributed by atoms with Crippen molar-refractivity contribution < 1.29 is 0 Å². The quantitative estimate of drug-likeness (QED) is 0.782. The van der Waals surface area contributed by atoms with Crippen LogP contribution in [0.15, 0.2) is 41.6 Å². The third-order valence-electron chi connectivity index (χ3n) is 3.31. The predicted molar refractivity (Wildman–Crippen MR) is 81.2 cm³/mol. The van der Waals surface area contributed by atoms with Crippen LogP contribution in [-0.4, -0.2) is 14.5 Å². The number of aromatic nitrogens is 3. The fraction of sp³-hybridized carbons (Fsp3) is 0.200. The van der Waals surface area contributed by atoms with E-state index in [2.05, 4.69) is 28.4 Å². The van der Waals surface area contributed by atoms with Gasteiger partial charge in [-0.3, -0.25) is 4.79 Å². The van der Waals surface area contributed by atoms with Gasteiger partial charge in [0.25, 0.3) is 5.56 Å². The average molecular weight is 288 g/mol. The zero-order valence-electron chi connectivity index (χ0n) is 11.2. The number of benzene rings is 1. The van der Waals surface area contributed by atoms with Gasteiger partial charge >= 0.3 is 0 Å². The van der Waals surface area contributed by atoms with Crippen LogP contribution in [-0.2, 0) is 0 Å². The van der Waals surface area contributed by atoms with Crippen molar-refractivity contribution in [2.24, 2.45) is 0 Å². The number of nitrogens with one attached hydrogen (secondary N) is 1. The minimum absolute atomic E-state index is 0.143. The van der Waals surface area contributed by atoms with Crippen LogP contribution in [0.3, 0.4) is 0 Å². The Morgan fingerprint density at radius 3 is 2.80 bits per heavy atom. The summed E-state index contributed by atoms with van der Waals surface area (Å²) in [5, 5.41) is 1.70. The number of hydrogen-bond acceptors (Lipinski definition) is 2. The second kappa shape index (κ2) is 4.80. The van der Waals surface area contributed by atoms with E-state index in [1.807, 2.05) is 24.3 Å². The third-order valence-corrected chi connectivity index (χ3v) is 3.55. The maximum absolute atomic E-state index is 12.0. The minimum atomic E-state index is -0.143. The summed E-state index contributed by atoms with van der Waals surface area (Å²) in [6.45, 7) is 4.17. The number of H-pyrrole nitrogens is 1. The van der Waals surface area contributed by atoms with Crippen LogP contribution in [0.2, 0.25) is 5.02 Å². The molecule has 0 saturated heterocycles. The molecule has 2 heterocycles. The van der Waals surface area contributed by atoms with Crippen molar-refractivity contribution >= 4 is 22.5 Å². The van der Waals surface area contributed by atoms with Gasteiger partial charge in [-0.2, -0.15) is 0 Å². The summed E-state index contributed by atoms with van der Waals surface area (Å²) < 4.78 is 2.12. The Morgan fingerprint density at radius 2 is 2.10 bits per heavy atom. The molecule has 1 aromatic carbocycles. The first-order valence-corrected chi connectivity index (χ1v) is 6.79. The van der Waals surface area contributed by atoms with Gasteiger partial charge in [-0.1, -0.05) is 11.6 Å². The number of aromatic amines is 1. The number of halogens is 1. The first-order chi connectivity index (χ1) is 9.58. The Bertz CT molecular complexity index is 832. The third kappa shape index (κ3) is 2.02. The molecule has 3 rings (SSSR count). The van der Waals surface area contributed by atoms with Gasteiger partial charge in [0.2, 0.25) is 0 Å². The van der Waals surface area contributed by atoms with Gasteiger partial charge in [-0.05, 0) is 38.1 Å². The van der Waals surface area contributed by atoms with E-state index in [0.717, 1.165) is 16.6 Å². The number of hydrogen-bond donors (Lipinski definition) is 1. The fourth-order valence-electron chi connectivity index (χ4n) is 2.50. The maximum atomic E-state index is 12.0. The minimum Gasteiger partial charge on any atom is -0.338 e. The van der Waals surface area contributed by atoms with Crippen molar-refractivity contribution in [2.45, 2.75) is 19.9 Å². The Kier molecular flexibility index (Phi) is 3.10. The first-order valence-electron chi connectivity index (χ1n) is 6.41. The van der Waals surface area contributed by atoms with Gasteiger partial charge in [0, 0.05) is 28.2 Å². The van der Waals surface area contributed by atoms with Crippen molar-refractivity contribution in [2.75, 3.05) is 0 Å². The highest BCUT2D eigenvalue weighted by molar-refractivity contribution is 6.31. The maximum Gasteiger partial charge on any atom is 0.260 e. The molecule has 0 amide bonds. The van der Waals surface area contributed by atoms with Crippen molar-refractivity contribution in [1.82, 2.24) is 14.5 Å². The van der Waals surface area contributed by atoms with Crippen molar-refractivity contribution in [3.8, 4) is 11.3 Å². The molecule has 4 nitrogen and oxygen atoms in total. The second-order valence-electron chi connectivity index (χ2n) is 4.99. The summed E-state index contributed by atoms with van der Waals surface area (Å²) in [7, 11) is 0. The van der Waals surface area contributed by atoms with Crippen LogP contribution in [0.5, 0.6) is 0 Å². The molecule has 20 heavy (non-hydrogen) atoms. The van der Waals surface area contributed by atoms with Crippen LogP contribution in [0.4, 0.5) is 0 Å². The molecular formula is C15H14ClN3O. The summed E-state index contributed by atoms with van der Waals surface area (Å²) in [5.41, 5.74) is 2.33. The molecule has 0 radical (unpaired) electrons. The Hall–Kier alpha value is -2.07. The highest BCUT2D eigenvalue weighted by Gasteiger charge is 2.15. The second-order valence-corrected chi connectivity index (χ2v) is 5.43. The predicted octanol–water partition coefficient (Wildman–Crippen LogP) is 3.63. The Labute approximate surface area is 121 Å². The molecule has 0 unspecified atom stereocenters. The molecule has 0 bridgehead atoms. The lowest BCUT2D eigenvalue weighted by Crippen LogP contribution is -2.12. The molecule has 2 aromatic heterocycles. The van der Waals surface area contributed by atoms with Crippen molar-refractivity contribution in [1.29, 1.82) is 0 Å². The lowest BCUT2D eigenvalue weighted by Gasteiger charge is -2.14. The van der Waals surface area contributed by atoms with E-state index in [9.17, 15) is 4.79 Å². The van der Waals surface area contributed by atoms with Gasteiger partial charge in [0.1, 0.15) is 0 Å². The molecular weight excluding hydrogens is 274 g/mol. The molecule has 3 aromatic rings. The average Bonchev–Trinajstić information content (AvgIpc) is 2.77. The fourth-order valence-corrected chi connectivity index (χ4v) is 2.68. The summed E-state index contributed by atoms with van der Waals surface area (Å²) in [4.78, 5) is 18.6. The molecule has 0 fully saturated rings.